The van der Waals surface area contributed by atoms with E-state index in [4.69, 9.17) is 18.9 Å². The van der Waals surface area contributed by atoms with Crippen molar-refractivity contribution >= 4 is 22.1 Å². The molecule has 1 fully saturated rings. The fourth-order valence-electron chi connectivity index (χ4n) is 4.30. The summed E-state index contributed by atoms with van der Waals surface area (Å²) in [5.41, 5.74) is 0.606. The maximum Gasteiger partial charge on any atom is 0.435 e. The predicted octanol–water partition coefficient (Wildman–Crippen LogP) is 3.86. The van der Waals surface area contributed by atoms with Crippen molar-refractivity contribution in [2.24, 2.45) is 5.92 Å². The summed E-state index contributed by atoms with van der Waals surface area (Å²) in [6.45, 7) is 7.05. The van der Waals surface area contributed by atoms with Crippen LogP contribution in [-0.2, 0) is 30.5 Å². The number of halogens is 3. The van der Waals surface area contributed by atoms with E-state index in [-0.39, 0.29) is 34.8 Å². The van der Waals surface area contributed by atoms with Crippen molar-refractivity contribution < 1.29 is 50.1 Å². The van der Waals surface area contributed by atoms with Crippen LogP contribution in [0.25, 0.3) is 16.9 Å². The van der Waals surface area contributed by atoms with E-state index in [1.165, 1.54) is 24.0 Å². The normalized spacial score (nSPS) is 15.8. The van der Waals surface area contributed by atoms with Crippen molar-refractivity contribution in [2.45, 2.75) is 57.5 Å². The van der Waals surface area contributed by atoms with Gasteiger partial charge >= 0.3 is 18.2 Å². The van der Waals surface area contributed by atoms with Crippen molar-refractivity contribution in [3.05, 3.63) is 65.9 Å². The van der Waals surface area contributed by atoms with Crippen LogP contribution in [0.1, 0.15) is 38.4 Å². The lowest BCUT2D eigenvalue weighted by molar-refractivity contribution is -0.184. The van der Waals surface area contributed by atoms with E-state index in [0.29, 0.717) is 18.5 Å². The first-order chi connectivity index (χ1) is 21.6. The average molecular weight is 669 g/mol. The summed E-state index contributed by atoms with van der Waals surface area (Å²) in [5, 5.41) is 6.33. The first-order valence-corrected chi connectivity index (χ1v) is 15.6. The number of amides is 1. The molecule has 18 heteroatoms. The largest absolute Gasteiger partial charge is 0.447 e. The van der Waals surface area contributed by atoms with Gasteiger partial charge in [0.15, 0.2) is 5.69 Å². The van der Waals surface area contributed by atoms with Gasteiger partial charge in [-0.3, -0.25) is 9.80 Å². The Kier molecular flexibility index (Phi) is 8.83. The molecule has 4 aromatic rings. The van der Waals surface area contributed by atoms with Crippen LogP contribution in [0.5, 0.6) is 0 Å². The number of rotatable bonds is 11. The Hall–Kier alpha value is -4.87. The smallest absolute Gasteiger partial charge is 0.435 e. The van der Waals surface area contributed by atoms with Gasteiger partial charge in [-0.1, -0.05) is 43.7 Å². The molecule has 2 aromatic carbocycles. The minimum absolute atomic E-state index is 0.154. The SMILES string of the molecule is Cc1ccc(-c2cc(C(F)(F)F)nn2-c2ccc(S(=O)(=O)NC(=O)OC[C@@H]3CCN3n3on3OC(C)OC(=O)C(C)C)cc2)cc1. The maximum atomic E-state index is 13.5. The highest BCUT2D eigenvalue weighted by molar-refractivity contribution is 7.90. The Morgan fingerprint density at radius 3 is 2.35 bits per heavy atom. The van der Waals surface area contributed by atoms with E-state index in [1.807, 2.05) is 11.6 Å². The molecule has 0 bridgehead atoms. The molecule has 1 N–H and O–H groups in total. The number of aryl methyl sites for hydroxylation is 1. The van der Waals surface area contributed by atoms with Crippen LogP contribution < -0.4 is 14.6 Å². The van der Waals surface area contributed by atoms with Gasteiger partial charge in [0.1, 0.15) is 11.6 Å². The second-order valence-electron chi connectivity index (χ2n) is 10.8. The van der Waals surface area contributed by atoms with Crippen LogP contribution in [0, 0.1) is 12.8 Å². The minimum atomic E-state index is -4.70. The van der Waals surface area contributed by atoms with Gasteiger partial charge in [-0.25, -0.2) is 22.6 Å². The standard InChI is InChI=1S/C28H31F3N6O8S/c1-17(2)26(38)43-19(4)44-37-36(45-37)34-14-13-22(34)16-42-27(39)33-46(40,41)23-11-9-21(10-12-23)35-24(15-25(32-35)28(29,30)31)20-7-5-18(3)6-8-20/h5-12,15,17,19,22H,13-14,16H2,1-4H3,(H,33,39)/t19?,22-,36?,37?/m0/s1. The van der Waals surface area contributed by atoms with Gasteiger partial charge in [-0.2, -0.15) is 22.9 Å². The molecule has 5 rings (SSSR count). The predicted molar refractivity (Wildman–Crippen MR) is 154 cm³/mol. The molecule has 0 aliphatic carbocycles. The number of alkyl halides is 3. The molecule has 1 saturated heterocycles. The van der Waals surface area contributed by atoms with E-state index in [1.54, 1.807) is 43.1 Å². The second kappa shape index (κ2) is 12.5. The molecule has 1 aliphatic rings. The number of carbonyl (C=O) groups is 2. The molecule has 0 saturated carbocycles. The molecule has 0 spiro atoms. The highest BCUT2D eigenvalue weighted by atomic mass is 32.2. The van der Waals surface area contributed by atoms with Gasteiger partial charge in [0, 0.05) is 19.0 Å². The second-order valence-corrected chi connectivity index (χ2v) is 12.5. The maximum absolute atomic E-state index is 13.5. The quantitative estimate of drug-likeness (QED) is 0.184. The zero-order valence-electron chi connectivity index (χ0n) is 25.1. The number of aromatic nitrogens is 4. The minimum Gasteiger partial charge on any atom is -0.447 e. The lowest BCUT2D eigenvalue weighted by Crippen LogP contribution is -2.56. The third kappa shape index (κ3) is 7.32. The lowest BCUT2D eigenvalue weighted by Gasteiger charge is -2.36. The first kappa shape index (κ1) is 32.5. The summed E-state index contributed by atoms with van der Waals surface area (Å²) in [6.07, 6.45) is -6.25. The van der Waals surface area contributed by atoms with E-state index in [9.17, 15) is 31.2 Å². The van der Waals surface area contributed by atoms with Crippen LogP contribution >= 0.6 is 0 Å². The van der Waals surface area contributed by atoms with Crippen LogP contribution in [-0.4, -0.2) is 65.7 Å². The summed E-state index contributed by atoms with van der Waals surface area (Å²) >= 11 is 0. The van der Waals surface area contributed by atoms with Gasteiger partial charge in [0.2, 0.25) is 0 Å². The van der Waals surface area contributed by atoms with E-state index in [0.717, 1.165) is 33.5 Å². The summed E-state index contributed by atoms with van der Waals surface area (Å²) in [5.74, 6) is -0.781. The summed E-state index contributed by atoms with van der Waals surface area (Å²) < 4.78 is 84.4. The molecule has 46 heavy (non-hydrogen) atoms. The zero-order chi connectivity index (χ0) is 33.4. The fourth-order valence-corrected chi connectivity index (χ4v) is 5.19. The fraction of sp³-hybridized carbons (Fsp3) is 0.393. The lowest BCUT2D eigenvalue weighted by atomic mass is 10.1. The topological polar surface area (TPSA) is 152 Å². The molecule has 3 heterocycles. The number of hydrogen-bond acceptors (Lipinski definition) is 10. The number of ether oxygens (including phenoxy) is 2. The Morgan fingerprint density at radius 2 is 1.76 bits per heavy atom. The molecule has 2 aromatic heterocycles. The van der Waals surface area contributed by atoms with Crippen LogP contribution in [0.4, 0.5) is 18.0 Å². The number of sulfonamides is 1. The molecule has 1 unspecified atom stereocenters. The number of benzene rings is 2. The van der Waals surface area contributed by atoms with Gasteiger partial charge in [-0.05, 0) is 43.7 Å². The highest BCUT2D eigenvalue weighted by Crippen LogP contribution is 2.33. The van der Waals surface area contributed by atoms with Crippen molar-refractivity contribution in [1.82, 2.24) is 24.5 Å². The third-order valence-electron chi connectivity index (χ3n) is 6.95. The Balaban J connectivity index is 1.18. The summed E-state index contributed by atoms with van der Waals surface area (Å²) in [7, 11) is -4.39. The summed E-state index contributed by atoms with van der Waals surface area (Å²) in [4.78, 5) is 30.3. The van der Waals surface area contributed by atoms with Crippen LogP contribution in [0.15, 0.2) is 64.1 Å². The first-order valence-electron chi connectivity index (χ1n) is 14.1. The third-order valence-corrected chi connectivity index (χ3v) is 8.27. The molecule has 1 aliphatic heterocycles. The number of hydrogen-bond donors (Lipinski definition) is 1. The Morgan fingerprint density at radius 1 is 1.09 bits per heavy atom. The van der Waals surface area contributed by atoms with Gasteiger partial charge in [0.25, 0.3) is 16.3 Å². The number of esters is 1. The molecule has 248 valence electrons. The zero-order valence-corrected chi connectivity index (χ0v) is 25.9. The number of nitrogens with zero attached hydrogens (tertiary/aromatic N) is 5. The monoisotopic (exact) mass is 668 g/mol. The van der Waals surface area contributed by atoms with E-state index in [2.05, 4.69) is 5.10 Å². The molecule has 0 radical (unpaired) electrons. The molecule has 2 atom stereocenters. The number of carbonyl (C=O) groups excluding carboxylic acids is 2. The van der Waals surface area contributed by atoms with Gasteiger partial charge < -0.3 is 14.3 Å². The van der Waals surface area contributed by atoms with Crippen molar-refractivity contribution in [1.29, 1.82) is 0 Å². The molecular weight excluding hydrogens is 637 g/mol. The summed E-state index contributed by atoms with van der Waals surface area (Å²) in [6, 6.07) is 12.2. The van der Waals surface area contributed by atoms with Crippen LogP contribution in [0.3, 0.4) is 0 Å². The average Bonchev–Trinajstić information content (AvgIpc) is 3.52. The van der Waals surface area contributed by atoms with Crippen molar-refractivity contribution in [3.63, 3.8) is 0 Å². The molecule has 1 amide bonds. The van der Waals surface area contributed by atoms with Gasteiger partial charge in [0.05, 0.1) is 33.2 Å². The Labute approximate surface area is 261 Å². The van der Waals surface area contributed by atoms with Crippen molar-refractivity contribution in [2.75, 3.05) is 18.2 Å². The molecular formula is C28H31F3N6O8S. The van der Waals surface area contributed by atoms with Crippen LogP contribution in [0.2, 0.25) is 0 Å². The van der Waals surface area contributed by atoms with Gasteiger partial charge in [-0.15, -0.1) is 0 Å². The molecule has 14 nitrogen and oxygen atoms in total. The van der Waals surface area contributed by atoms with E-state index < -0.39 is 40.2 Å². The Bertz CT molecular complexity index is 1790. The van der Waals surface area contributed by atoms with E-state index >= 15 is 0 Å². The number of nitrogens with one attached hydrogen (secondary N) is 1. The van der Waals surface area contributed by atoms with Crippen molar-refractivity contribution in [3.8, 4) is 16.9 Å². The highest BCUT2D eigenvalue weighted by Gasteiger charge is 2.38.